The highest BCUT2D eigenvalue weighted by atomic mass is 16.3. The van der Waals surface area contributed by atoms with Crippen molar-refractivity contribution in [2.75, 3.05) is 0 Å². The molecule has 8 heteroatoms. The molecule has 0 radical (unpaired) electrons. The van der Waals surface area contributed by atoms with E-state index in [1.54, 1.807) is 6.26 Å². The van der Waals surface area contributed by atoms with Crippen molar-refractivity contribution in [2.24, 2.45) is 5.92 Å². The average molecular weight is 475 g/mol. The summed E-state index contributed by atoms with van der Waals surface area (Å²) in [6, 6.07) is 10.3. The Bertz CT molecular complexity index is 1350. The zero-order valence-electron chi connectivity index (χ0n) is 21.0. The second kappa shape index (κ2) is 9.77. The number of nitrogens with one attached hydrogen (secondary N) is 1. The number of pyridine rings is 1. The zero-order chi connectivity index (χ0) is 24.5. The number of benzene rings is 1. The molecule has 0 spiro atoms. The second-order valence-corrected chi connectivity index (χ2v) is 10.3. The fraction of sp³-hybridized carbons (Fsp3) is 0.481. The number of hydrogen-bond acceptors (Lipinski definition) is 6. The highest BCUT2D eigenvalue weighted by Crippen LogP contribution is 2.35. The van der Waals surface area contributed by atoms with Gasteiger partial charge in [0.2, 0.25) is 0 Å². The van der Waals surface area contributed by atoms with Crippen molar-refractivity contribution in [3.8, 4) is 0 Å². The van der Waals surface area contributed by atoms with Gasteiger partial charge in [0.15, 0.2) is 5.82 Å². The lowest BCUT2D eigenvalue weighted by Gasteiger charge is -2.33. The zero-order valence-corrected chi connectivity index (χ0v) is 21.0. The normalized spacial score (nSPS) is 15.6. The van der Waals surface area contributed by atoms with Crippen molar-refractivity contribution in [2.45, 2.75) is 78.6 Å². The maximum absolute atomic E-state index is 13.2. The first kappa shape index (κ1) is 23.5. The van der Waals surface area contributed by atoms with E-state index >= 15 is 0 Å². The Kier molecular flexibility index (Phi) is 6.56. The molecule has 5 rings (SSSR count). The highest BCUT2D eigenvalue weighted by molar-refractivity contribution is 5.83. The second-order valence-electron chi connectivity index (χ2n) is 10.3. The van der Waals surface area contributed by atoms with Crippen LogP contribution < -0.4 is 5.56 Å². The lowest BCUT2D eigenvalue weighted by atomic mass is 9.99. The van der Waals surface area contributed by atoms with Crippen molar-refractivity contribution in [1.29, 1.82) is 0 Å². The maximum Gasteiger partial charge on any atom is 0.252 e. The molecule has 1 aliphatic carbocycles. The third-order valence-electron chi connectivity index (χ3n) is 7.18. The Morgan fingerprint density at radius 1 is 1.17 bits per heavy atom. The van der Waals surface area contributed by atoms with Gasteiger partial charge in [-0.2, -0.15) is 0 Å². The third kappa shape index (κ3) is 4.80. The molecule has 0 unspecified atom stereocenters. The van der Waals surface area contributed by atoms with E-state index in [1.807, 2.05) is 35.9 Å². The summed E-state index contributed by atoms with van der Waals surface area (Å²) in [7, 11) is 0. The van der Waals surface area contributed by atoms with Gasteiger partial charge in [-0.15, -0.1) is 5.10 Å². The van der Waals surface area contributed by atoms with Gasteiger partial charge in [0.1, 0.15) is 5.76 Å². The number of rotatable bonds is 8. The summed E-state index contributed by atoms with van der Waals surface area (Å²) >= 11 is 0. The van der Waals surface area contributed by atoms with Gasteiger partial charge in [-0.1, -0.05) is 32.8 Å². The van der Waals surface area contributed by atoms with E-state index in [9.17, 15) is 4.79 Å². The van der Waals surface area contributed by atoms with Gasteiger partial charge in [0.05, 0.1) is 24.9 Å². The van der Waals surface area contributed by atoms with Crippen molar-refractivity contribution in [3.63, 3.8) is 0 Å². The van der Waals surface area contributed by atoms with Crippen LogP contribution in [0.2, 0.25) is 0 Å². The lowest BCUT2D eigenvalue weighted by molar-refractivity contribution is 0.114. The summed E-state index contributed by atoms with van der Waals surface area (Å²) in [5, 5.41) is 14.1. The molecule has 3 heterocycles. The van der Waals surface area contributed by atoms with Crippen LogP contribution in [0.3, 0.4) is 0 Å². The molecular formula is C27H34N6O2. The molecular weight excluding hydrogens is 440 g/mol. The van der Waals surface area contributed by atoms with Crippen LogP contribution >= 0.6 is 0 Å². The topological polar surface area (TPSA) is 92.8 Å². The third-order valence-corrected chi connectivity index (χ3v) is 7.18. The first-order chi connectivity index (χ1) is 16.9. The van der Waals surface area contributed by atoms with Crippen LogP contribution in [-0.2, 0) is 13.1 Å². The van der Waals surface area contributed by atoms with E-state index < -0.39 is 0 Å². The molecule has 0 bridgehead atoms. The fourth-order valence-corrected chi connectivity index (χ4v) is 5.59. The summed E-state index contributed by atoms with van der Waals surface area (Å²) in [5.41, 5.74) is 3.82. The Morgan fingerprint density at radius 3 is 2.69 bits per heavy atom. The summed E-state index contributed by atoms with van der Waals surface area (Å²) in [6.45, 7) is 9.52. The van der Waals surface area contributed by atoms with Gasteiger partial charge in [-0.3, -0.25) is 9.69 Å². The summed E-state index contributed by atoms with van der Waals surface area (Å²) in [4.78, 5) is 18.6. The quantitative estimate of drug-likeness (QED) is 0.375. The molecule has 4 aromatic rings. The minimum atomic E-state index is -0.0788. The molecule has 1 aromatic carbocycles. The SMILES string of the molecule is Cc1cc(C)c2cc(CN(Cc3ccco3)[C@@H](c3nnnn3C3CCCC3)C(C)C)c(=O)[nH]c2c1. The first-order valence-electron chi connectivity index (χ1n) is 12.6. The number of aryl methyl sites for hydroxylation is 2. The van der Waals surface area contributed by atoms with Crippen LogP contribution in [0.5, 0.6) is 0 Å². The fourth-order valence-electron chi connectivity index (χ4n) is 5.59. The Labute approximate surface area is 205 Å². The van der Waals surface area contributed by atoms with E-state index in [0.29, 0.717) is 19.1 Å². The van der Waals surface area contributed by atoms with E-state index in [-0.39, 0.29) is 17.5 Å². The Hall–Kier alpha value is -3.26. The number of fused-ring (bicyclic) bond motifs is 1. The van der Waals surface area contributed by atoms with Crippen molar-refractivity contribution >= 4 is 10.9 Å². The van der Waals surface area contributed by atoms with Gasteiger partial charge >= 0.3 is 0 Å². The van der Waals surface area contributed by atoms with E-state index in [4.69, 9.17) is 4.42 Å². The number of aromatic nitrogens is 5. The molecule has 35 heavy (non-hydrogen) atoms. The minimum Gasteiger partial charge on any atom is -0.468 e. The van der Waals surface area contributed by atoms with Crippen molar-refractivity contribution in [1.82, 2.24) is 30.1 Å². The number of nitrogens with zero attached hydrogens (tertiary/aromatic N) is 5. The lowest BCUT2D eigenvalue weighted by Crippen LogP contribution is -2.35. The summed E-state index contributed by atoms with van der Waals surface area (Å²) < 4.78 is 7.76. The molecule has 0 amide bonds. The molecule has 1 aliphatic rings. The summed E-state index contributed by atoms with van der Waals surface area (Å²) in [5.74, 6) is 1.93. The molecule has 1 atom stereocenters. The van der Waals surface area contributed by atoms with E-state index in [0.717, 1.165) is 52.0 Å². The largest absolute Gasteiger partial charge is 0.468 e. The number of hydrogen-bond donors (Lipinski definition) is 1. The van der Waals surface area contributed by atoms with E-state index in [2.05, 4.69) is 52.2 Å². The number of tetrazole rings is 1. The van der Waals surface area contributed by atoms with Gasteiger partial charge in [-0.05, 0) is 78.4 Å². The molecule has 8 nitrogen and oxygen atoms in total. The van der Waals surface area contributed by atoms with Crippen molar-refractivity contribution in [3.05, 3.63) is 75.2 Å². The van der Waals surface area contributed by atoms with Gasteiger partial charge < -0.3 is 9.40 Å². The molecule has 1 fully saturated rings. The van der Waals surface area contributed by atoms with Crippen LogP contribution in [0.15, 0.2) is 45.8 Å². The van der Waals surface area contributed by atoms with E-state index in [1.165, 1.54) is 12.8 Å². The standard InChI is InChI=1S/C27H34N6O2/c1-17(2)25(26-29-30-31-33(26)21-8-5-6-9-21)32(16-22-10-7-11-35-22)15-20-14-23-19(4)12-18(3)13-24(23)28-27(20)34/h7,10-14,17,21,25H,5-6,8-9,15-16H2,1-4H3,(H,28,34)/t25-/m1/s1. The van der Waals surface area contributed by atoms with Gasteiger partial charge in [0, 0.05) is 23.0 Å². The van der Waals surface area contributed by atoms with Crippen LogP contribution in [-0.4, -0.2) is 30.1 Å². The van der Waals surface area contributed by atoms with Gasteiger partial charge in [-0.25, -0.2) is 4.68 Å². The van der Waals surface area contributed by atoms with Crippen LogP contribution in [0.25, 0.3) is 10.9 Å². The van der Waals surface area contributed by atoms with Crippen LogP contribution in [0, 0.1) is 19.8 Å². The van der Waals surface area contributed by atoms with Crippen LogP contribution in [0.4, 0.5) is 0 Å². The smallest absolute Gasteiger partial charge is 0.252 e. The minimum absolute atomic E-state index is 0.0650. The number of aromatic amines is 1. The molecule has 1 N–H and O–H groups in total. The van der Waals surface area contributed by atoms with Crippen molar-refractivity contribution < 1.29 is 4.42 Å². The Morgan fingerprint density at radius 2 is 1.97 bits per heavy atom. The first-order valence-corrected chi connectivity index (χ1v) is 12.6. The maximum atomic E-state index is 13.2. The van der Waals surface area contributed by atoms with Crippen LogP contribution in [0.1, 0.15) is 79.9 Å². The molecule has 0 aliphatic heterocycles. The molecule has 1 saturated carbocycles. The molecule has 3 aromatic heterocycles. The average Bonchev–Trinajstić information content (AvgIpc) is 3.57. The molecule has 184 valence electrons. The monoisotopic (exact) mass is 474 g/mol. The predicted octanol–water partition coefficient (Wildman–Crippen LogP) is 5.24. The summed E-state index contributed by atoms with van der Waals surface area (Å²) in [6.07, 6.45) is 6.30. The number of H-pyrrole nitrogens is 1. The van der Waals surface area contributed by atoms with Gasteiger partial charge in [0.25, 0.3) is 5.56 Å². The predicted molar refractivity (Wildman–Crippen MR) is 135 cm³/mol. The Balaban J connectivity index is 1.56. The number of furan rings is 1. The highest BCUT2D eigenvalue weighted by Gasteiger charge is 2.33. The molecule has 0 saturated heterocycles.